The molecule has 0 saturated carbocycles. The summed E-state index contributed by atoms with van der Waals surface area (Å²) in [5, 5.41) is 1.23. The molecule has 3 aromatic rings. The fourth-order valence-electron chi connectivity index (χ4n) is 4.74. The molecule has 5 rings (SSSR count). The number of likely N-dealkylation sites (tertiary alicyclic amines) is 1. The van der Waals surface area contributed by atoms with E-state index in [1.807, 2.05) is 12.5 Å². The van der Waals surface area contributed by atoms with Crippen molar-refractivity contribution < 1.29 is 0 Å². The monoisotopic (exact) mass is 382 g/mol. The van der Waals surface area contributed by atoms with Crippen LogP contribution in [0.2, 0.25) is 0 Å². The van der Waals surface area contributed by atoms with E-state index in [2.05, 4.69) is 56.3 Å². The van der Waals surface area contributed by atoms with Gasteiger partial charge in [-0.15, -0.1) is 11.3 Å². The van der Waals surface area contributed by atoms with Crippen molar-refractivity contribution in [3.63, 3.8) is 0 Å². The number of imidazole rings is 1. The van der Waals surface area contributed by atoms with Crippen LogP contribution < -0.4 is 4.90 Å². The van der Waals surface area contributed by atoms with E-state index >= 15 is 0 Å². The fourth-order valence-corrected chi connectivity index (χ4v) is 5.67. The second-order valence-corrected chi connectivity index (χ2v) is 9.28. The summed E-state index contributed by atoms with van der Waals surface area (Å²) in [7, 11) is 2.08. The number of fused-ring (bicyclic) bond motifs is 1. The molecule has 1 spiro atoms. The molecule has 0 amide bonds. The lowest BCUT2D eigenvalue weighted by atomic mass is 9.78. The average Bonchev–Trinajstić information content (AvgIpc) is 3.36. The van der Waals surface area contributed by atoms with E-state index in [1.165, 1.54) is 22.4 Å². The molecule has 5 heterocycles. The second kappa shape index (κ2) is 6.27. The molecule has 0 bridgehead atoms. The Labute approximate surface area is 163 Å². The Morgan fingerprint density at radius 1 is 1.26 bits per heavy atom. The first kappa shape index (κ1) is 17.1. The highest BCUT2D eigenvalue weighted by molar-refractivity contribution is 7.18. The van der Waals surface area contributed by atoms with E-state index in [-0.39, 0.29) is 0 Å². The van der Waals surface area contributed by atoms with Gasteiger partial charge in [-0.2, -0.15) is 0 Å². The summed E-state index contributed by atoms with van der Waals surface area (Å²) in [5.74, 6) is 1.13. The van der Waals surface area contributed by atoms with Gasteiger partial charge in [-0.05, 0) is 25.8 Å². The number of hydrogen-bond acceptors (Lipinski definition) is 6. The smallest absolute Gasteiger partial charge is 0.140 e. The summed E-state index contributed by atoms with van der Waals surface area (Å²) in [5.41, 5.74) is 1.70. The zero-order chi connectivity index (χ0) is 18.6. The predicted octanol–water partition coefficient (Wildman–Crippen LogP) is 3.26. The molecule has 7 heteroatoms. The minimum absolute atomic E-state index is 0.410. The van der Waals surface area contributed by atoms with Crippen LogP contribution in [0.4, 0.5) is 5.82 Å². The van der Waals surface area contributed by atoms with E-state index in [1.54, 1.807) is 17.7 Å². The number of hydrogen-bond donors (Lipinski definition) is 0. The Balaban J connectivity index is 1.32. The van der Waals surface area contributed by atoms with Gasteiger partial charge < -0.3 is 9.47 Å². The lowest BCUT2D eigenvalue weighted by Crippen LogP contribution is -2.58. The summed E-state index contributed by atoms with van der Waals surface area (Å²) in [6.45, 7) is 9.02. The van der Waals surface area contributed by atoms with Crippen molar-refractivity contribution in [1.29, 1.82) is 0 Å². The van der Waals surface area contributed by atoms with Gasteiger partial charge in [-0.3, -0.25) is 4.90 Å². The van der Waals surface area contributed by atoms with E-state index in [4.69, 9.17) is 0 Å². The van der Waals surface area contributed by atoms with E-state index in [9.17, 15) is 0 Å². The number of rotatable bonds is 4. The zero-order valence-electron chi connectivity index (χ0n) is 16.2. The van der Waals surface area contributed by atoms with Gasteiger partial charge in [0.2, 0.25) is 0 Å². The van der Waals surface area contributed by atoms with Crippen molar-refractivity contribution >= 4 is 27.4 Å². The SMILES string of the molecule is CCc1cc2c(N3CCC4(C3)CN([C@@H](C)c3cncn3C)C4)ncnc2s1. The Morgan fingerprint density at radius 3 is 2.85 bits per heavy atom. The largest absolute Gasteiger partial charge is 0.355 e. The summed E-state index contributed by atoms with van der Waals surface area (Å²) < 4.78 is 2.14. The molecule has 2 saturated heterocycles. The maximum absolute atomic E-state index is 4.66. The average molecular weight is 383 g/mol. The molecular formula is C20H26N6S. The zero-order valence-corrected chi connectivity index (χ0v) is 17.0. The molecule has 3 aromatic heterocycles. The molecule has 6 nitrogen and oxygen atoms in total. The van der Waals surface area contributed by atoms with Crippen LogP contribution in [0, 0.1) is 5.41 Å². The highest BCUT2D eigenvalue weighted by atomic mass is 32.1. The van der Waals surface area contributed by atoms with Gasteiger partial charge in [-0.25, -0.2) is 15.0 Å². The molecule has 2 fully saturated rings. The lowest BCUT2D eigenvalue weighted by Gasteiger charge is -2.50. The maximum atomic E-state index is 4.66. The first-order valence-electron chi connectivity index (χ1n) is 9.77. The molecule has 2 aliphatic heterocycles. The van der Waals surface area contributed by atoms with Crippen LogP contribution in [0.3, 0.4) is 0 Å². The summed E-state index contributed by atoms with van der Waals surface area (Å²) in [6.07, 6.45) is 7.93. The van der Waals surface area contributed by atoms with Crippen LogP contribution in [0.25, 0.3) is 10.2 Å². The number of aromatic nitrogens is 4. The number of aryl methyl sites for hydroxylation is 2. The normalized spacial score (nSPS) is 20.5. The van der Waals surface area contributed by atoms with Crippen LogP contribution in [0.1, 0.15) is 36.9 Å². The van der Waals surface area contributed by atoms with Crippen LogP contribution in [0.5, 0.6) is 0 Å². The molecule has 0 aliphatic carbocycles. The quantitative estimate of drug-likeness (QED) is 0.693. The fraction of sp³-hybridized carbons (Fsp3) is 0.550. The minimum Gasteiger partial charge on any atom is -0.355 e. The summed E-state index contributed by atoms with van der Waals surface area (Å²) >= 11 is 1.80. The van der Waals surface area contributed by atoms with Gasteiger partial charge in [-0.1, -0.05) is 6.92 Å². The molecule has 0 N–H and O–H groups in total. The van der Waals surface area contributed by atoms with Gasteiger partial charge in [0.1, 0.15) is 17.0 Å². The molecular weight excluding hydrogens is 356 g/mol. The van der Waals surface area contributed by atoms with Crippen LogP contribution in [-0.4, -0.2) is 50.6 Å². The van der Waals surface area contributed by atoms with Crippen molar-refractivity contribution in [2.45, 2.75) is 32.7 Å². The number of anilines is 1. The van der Waals surface area contributed by atoms with E-state index < -0.39 is 0 Å². The predicted molar refractivity (Wildman–Crippen MR) is 109 cm³/mol. The van der Waals surface area contributed by atoms with Crippen molar-refractivity contribution in [2.24, 2.45) is 12.5 Å². The van der Waals surface area contributed by atoms with Crippen molar-refractivity contribution in [3.05, 3.63) is 35.5 Å². The number of nitrogens with zero attached hydrogens (tertiary/aromatic N) is 6. The molecule has 142 valence electrons. The van der Waals surface area contributed by atoms with Crippen molar-refractivity contribution in [2.75, 3.05) is 31.1 Å². The summed E-state index contributed by atoms with van der Waals surface area (Å²) in [6, 6.07) is 2.71. The Bertz CT molecular complexity index is 970. The Hall–Kier alpha value is -1.99. The van der Waals surface area contributed by atoms with Gasteiger partial charge >= 0.3 is 0 Å². The first-order valence-corrected chi connectivity index (χ1v) is 10.6. The highest BCUT2D eigenvalue weighted by Crippen LogP contribution is 2.45. The van der Waals surface area contributed by atoms with Gasteiger partial charge in [0.05, 0.1) is 17.4 Å². The molecule has 0 aromatic carbocycles. The maximum Gasteiger partial charge on any atom is 0.140 e. The van der Waals surface area contributed by atoms with E-state index in [0.717, 1.165) is 43.2 Å². The number of thiophene rings is 1. The van der Waals surface area contributed by atoms with Gasteiger partial charge in [0.15, 0.2) is 0 Å². The third-order valence-corrected chi connectivity index (χ3v) is 7.54. The topological polar surface area (TPSA) is 50.1 Å². The molecule has 2 aliphatic rings. The Kier molecular flexibility index (Phi) is 3.98. The molecule has 0 unspecified atom stereocenters. The second-order valence-electron chi connectivity index (χ2n) is 8.16. The Morgan fingerprint density at radius 2 is 2.11 bits per heavy atom. The van der Waals surface area contributed by atoms with Crippen LogP contribution in [0.15, 0.2) is 24.9 Å². The van der Waals surface area contributed by atoms with Gasteiger partial charge in [0.25, 0.3) is 0 Å². The van der Waals surface area contributed by atoms with Gasteiger partial charge in [0, 0.05) is 55.8 Å². The molecule has 1 atom stereocenters. The van der Waals surface area contributed by atoms with Crippen molar-refractivity contribution in [3.8, 4) is 0 Å². The first-order chi connectivity index (χ1) is 13.1. The van der Waals surface area contributed by atoms with Crippen LogP contribution in [-0.2, 0) is 13.5 Å². The van der Waals surface area contributed by atoms with Crippen LogP contribution >= 0.6 is 11.3 Å². The third kappa shape index (κ3) is 2.75. The highest BCUT2D eigenvalue weighted by Gasteiger charge is 2.49. The standard InChI is InChI=1S/C20H26N6S/c1-4-15-7-16-18(22-12-23-19(16)27-15)25-6-5-20(9-25)10-26(11-20)14(2)17-8-21-13-24(17)3/h7-8,12-14H,4-6,9-11H2,1-3H3/t14-/m0/s1. The minimum atomic E-state index is 0.410. The van der Waals surface area contributed by atoms with E-state index in [0.29, 0.717) is 11.5 Å². The summed E-state index contributed by atoms with van der Waals surface area (Å²) in [4.78, 5) is 21.0. The third-order valence-electron chi connectivity index (χ3n) is 6.35. The molecule has 0 radical (unpaired) electrons. The lowest BCUT2D eigenvalue weighted by molar-refractivity contribution is -0.0139. The van der Waals surface area contributed by atoms with Crippen molar-refractivity contribution in [1.82, 2.24) is 24.4 Å². The molecule has 27 heavy (non-hydrogen) atoms.